The van der Waals surface area contributed by atoms with Crippen molar-refractivity contribution >= 4 is 22.6 Å². The highest BCUT2D eigenvalue weighted by molar-refractivity contribution is 5.97. The van der Waals surface area contributed by atoms with E-state index >= 15 is 0 Å². The van der Waals surface area contributed by atoms with E-state index in [1.807, 2.05) is 37.3 Å². The number of hydrogen-bond acceptors (Lipinski definition) is 4. The number of hydrogen-bond donors (Lipinski definition) is 2. The molecule has 1 atom stereocenters. The van der Waals surface area contributed by atoms with Crippen LogP contribution in [0.15, 0.2) is 53.5 Å². The first-order valence-electron chi connectivity index (χ1n) is 10.2. The Bertz CT molecular complexity index is 1170. The molecule has 0 spiro atoms. The molecule has 7 heteroatoms. The molecule has 1 heterocycles. The molecule has 0 aliphatic rings. The molecule has 162 valence electrons. The summed E-state index contributed by atoms with van der Waals surface area (Å²) in [5, 5.41) is 4.06. The summed E-state index contributed by atoms with van der Waals surface area (Å²) in [7, 11) is 1.67. The van der Waals surface area contributed by atoms with E-state index in [1.54, 1.807) is 32.3 Å². The molecule has 2 aromatic carbocycles. The minimum Gasteiger partial charge on any atom is -0.481 e. The third kappa shape index (κ3) is 5.12. The van der Waals surface area contributed by atoms with Crippen molar-refractivity contribution < 1.29 is 14.3 Å². The molecule has 31 heavy (non-hydrogen) atoms. The molecule has 0 aliphatic heterocycles. The number of carbonyl (C=O) groups is 2. The fourth-order valence-electron chi connectivity index (χ4n) is 3.32. The number of aromatic amines is 1. The molecule has 0 unspecified atom stereocenters. The maximum absolute atomic E-state index is 12.5. The number of pyridine rings is 1. The first-order valence-corrected chi connectivity index (χ1v) is 10.2. The number of nitrogens with zero attached hydrogens (tertiary/aromatic N) is 1. The van der Waals surface area contributed by atoms with Crippen LogP contribution in [-0.2, 0) is 9.59 Å². The maximum Gasteiger partial charge on any atom is 0.260 e. The van der Waals surface area contributed by atoms with Crippen molar-refractivity contribution in [3.63, 3.8) is 0 Å². The van der Waals surface area contributed by atoms with Gasteiger partial charge in [-0.3, -0.25) is 14.4 Å². The van der Waals surface area contributed by atoms with Crippen LogP contribution in [-0.4, -0.2) is 47.9 Å². The van der Waals surface area contributed by atoms with Crippen molar-refractivity contribution in [3.05, 3.63) is 64.6 Å². The zero-order valence-corrected chi connectivity index (χ0v) is 18.2. The molecule has 0 aliphatic carbocycles. The minimum atomic E-state index is -0.751. The van der Waals surface area contributed by atoms with Crippen LogP contribution in [0, 0.1) is 6.92 Å². The molecule has 0 saturated carbocycles. The molecule has 7 nitrogen and oxygen atoms in total. The Balaban J connectivity index is 1.78. The average Bonchev–Trinajstić information content (AvgIpc) is 2.74. The van der Waals surface area contributed by atoms with Crippen molar-refractivity contribution in [2.24, 2.45) is 0 Å². The van der Waals surface area contributed by atoms with Gasteiger partial charge in [-0.15, -0.1) is 0 Å². The third-order valence-electron chi connectivity index (χ3n) is 5.27. The van der Waals surface area contributed by atoms with Gasteiger partial charge in [-0.25, -0.2) is 0 Å². The van der Waals surface area contributed by atoms with E-state index in [-0.39, 0.29) is 17.4 Å². The Morgan fingerprint density at radius 3 is 2.58 bits per heavy atom. The van der Waals surface area contributed by atoms with Crippen molar-refractivity contribution in [1.29, 1.82) is 0 Å². The van der Waals surface area contributed by atoms with Gasteiger partial charge in [-0.05, 0) is 48.6 Å². The quantitative estimate of drug-likeness (QED) is 0.614. The number of benzene rings is 2. The number of aryl methyl sites for hydroxylation is 1. The number of rotatable bonds is 7. The molecule has 3 aromatic rings. The van der Waals surface area contributed by atoms with Crippen molar-refractivity contribution in [3.8, 4) is 16.9 Å². The molecular weight excluding hydrogens is 394 g/mol. The lowest BCUT2D eigenvalue weighted by Crippen LogP contribution is -2.40. The van der Waals surface area contributed by atoms with Crippen LogP contribution in [0.2, 0.25) is 0 Å². The van der Waals surface area contributed by atoms with Gasteiger partial charge in [0.15, 0.2) is 6.10 Å². The molecule has 0 bridgehead atoms. The monoisotopic (exact) mass is 421 g/mol. The third-order valence-corrected chi connectivity index (χ3v) is 5.27. The molecule has 0 radical (unpaired) electrons. The zero-order valence-electron chi connectivity index (χ0n) is 18.2. The summed E-state index contributed by atoms with van der Waals surface area (Å²) < 4.78 is 5.77. The lowest BCUT2D eigenvalue weighted by Gasteiger charge is -2.18. The molecule has 0 fully saturated rings. The number of likely N-dealkylation sites (N-methyl/N-ethyl adjacent to an activating group) is 1. The summed E-state index contributed by atoms with van der Waals surface area (Å²) in [4.78, 5) is 40.3. The van der Waals surface area contributed by atoms with Crippen molar-refractivity contribution in [1.82, 2.24) is 15.2 Å². The predicted molar refractivity (Wildman–Crippen MR) is 121 cm³/mol. The number of aromatic nitrogens is 1. The molecule has 1 aromatic heterocycles. The van der Waals surface area contributed by atoms with Crippen LogP contribution >= 0.6 is 0 Å². The minimum absolute atomic E-state index is 0.0648. The van der Waals surface area contributed by atoms with Crippen LogP contribution in [0.4, 0.5) is 0 Å². The van der Waals surface area contributed by atoms with Crippen LogP contribution in [0.3, 0.4) is 0 Å². The van der Waals surface area contributed by atoms with Gasteiger partial charge < -0.3 is 19.9 Å². The normalized spacial score (nSPS) is 11.7. The second-order valence-corrected chi connectivity index (χ2v) is 7.55. The molecule has 2 amide bonds. The fraction of sp³-hybridized carbons (Fsp3) is 0.292. The van der Waals surface area contributed by atoms with Crippen LogP contribution < -0.4 is 15.6 Å². The summed E-state index contributed by atoms with van der Waals surface area (Å²) in [6.07, 6.45) is 0.973. The van der Waals surface area contributed by atoms with Crippen LogP contribution in [0.5, 0.6) is 5.75 Å². The highest BCUT2D eigenvalue weighted by Gasteiger charge is 2.16. The molecule has 2 N–H and O–H groups in total. The molecule has 0 saturated heterocycles. The predicted octanol–water partition coefficient (Wildman–Crippen LogP) is 2.87. The Morgan fingerprint density at radius 1 is 1.13 bits per heavy atom. The zero-order chi connectivity index (χ0) is 22.5. The summed E-state index contributed by atoms with van der Waals surface area (Å²) in [6.45, 7) is 5.89. The molecular formula is C24H27N3O4. The van der Waals surface area contributed by atoms with Gasteiger partial charge in [0.05, 0.1) is 5.39 Å². The van der Waals surface area contributed by atoms with E-state index in [9.17, 15) is 14.4 Å². The lowest BCUT2D eigenvalue weighted by molar-refractivity contribution is -0.129. The van der Waals surface area contributed by atoms with Gasteiger partial charge >= 0.3 is 0 Å². The maximum atomic E-state index is 12.5. The smallest absolute Gasteiger partial charge is 0.260 e. The van der Waals surface area contributed by atoms with E-state index in [0.29, 0.717) is 24.2 Å². The summed E-state index contributed by atoms with van der Waals surface area (Å²) in [5.74, 6) is 0.0769. The summed E-state index contributed by atoms with van der Waals surface area (Å²) in [5.41, 5.74) is 2.86. The second-order valence-electron chi connectivity index (χ2n) is 7.55. The summed E-state index contributed by atoms with van der Waals surface area (Å²) >= 11 is 0. The average molecular weight is 421 g/mol. The number of fused-ring (bicyclic) bond motifs is 1. The topological polar surface area (TPSA) is 91.5 Å². The van der Waals surface area contributed by atoms with Gasteiger partial charge in [0, 0.05) is 38.8 Å². The number of carbonyl (C=O) groups excluding carboxylic acids is 2. The fourth-order valence-corrected chi connectivity index (χ4v) is 3.32. The second kappa shape index (κ2) is 9.47. The van der Waals surface area contributed by atoms with Crippen molar-refractivity contribution in [2.45, 2.75) is 26.9 Å². The lowest BCUT2D eigenvalue weighted by atomic mass is 9.97. The summed E-state index contributed by atoms with van der Waals surface area (Å²) in [6, 6.07) is 13.2. The first kappa shape index (κ1) is 22.1. The van der Waals surface area contributed by atoms with Crippen LogP contribution in [0.1, 0.15) is 19.4 Å². The number of H-pyrrole nitrogens is 1. The Labute approximate surface area is 181 Å². The van der Waals surface area contributed by atoms with Gasteiger partial charge in [0.25, 0.3) is 11.5 Å². The van der Waals surface area contributed by atoms with Gasteiger partial charge in [-0.2, -0.15) is 0 Å². The van der Waals surface area contributed by atoms with Crippen molar-refractivity contribution in [2.75, 3.05) is 20.1 Å². The Morgan fingerprint density at radius 2 is 1.87 bits per heavy atom. The van der Waals surface area contributed by atoms with E-state index in [1.165, 1.54) is 11.8 Å². The van der Waals surface area contributed by atoms with Gasteiger partial charge in [0.2, 0.25) is 5.91 Å². The number of amides is 2. The highest BCUT2D eigenvalue weighted by atomic mass is 16.5. The number of ether oxygens (including phenoxy) is 1. The van der Waals surface area contributed by atoms with E-state index < -0.39 is 6.10 Å². The van der Waals surface area contributed by atoms with E-state index in [0.717, 1.165) is 22.1 Å². The number of nitrogens with one attached hydrogen (secondary N) is 2. The molecule has 3 rings (SSSR count). The van der Waals surface area contributed by atoms with Gasteiger partial charge in [0.1, 0.15) is 5.75 Å². The van der Waals surface area contributed by atoms with Gasteiger partial charge in [-0.1, -0.05) is 24.3 Å². The van der Waals surface area contributed by atoms with E-state index in [4.69, 9.17) is 4.74 Å². The van der Waals surface area contributed by atoms with Crippen LogP contribution in [0.25, 0.3) is 21.9 Å². The highest BCUT2D eigenvalue weighted by Crippen LogP contribution is 2.30. The largest absolute Gasteiger partial charge is 0.481 e. The standard InChI is InChI=1S/C24H27N3O4/c1-15-7-5-6-8-19(15)22-14-26-24(30)21-13-18(9-10-20(21)22)31-16(2)23(29)25-11-12-27(4)17(3)28/h5-10,13-14,16H,11-12H2,1-4H3,(H,25,29)(H,26,30)/t16-/m1/s1. The Kier molecular flexibility index (Phi) is 6.74. The first-order chi connectivity index (χ1) is 14.8. The SMILES string of the molecule is CC(=O)N(C)CCNC(=O)[C@@H](C)Oc1ccc2c(-c3ccccc3C)c[nH]c(=O)c2c1. The Hall–Kier alpha value is -3.61. The van der Waals surface area contributed by atoms with E-state index in [2.05, 4.69) is 10.3 Å².